The minimum absolute atomic E-state index is 0.143. The number of Topliss-reactive ketones (excluding diaryl/α,β-unsaturated/α-hetero) is 1. The van der Waals surface area contributed by atoms with Gasteiger partial charge in [-0.05, 0) is 12.1 Å². The standard InChI is InChI=1S/C9H9BrN2O2/c1-11-9(14)7-4-2-3-6(12-7)8(13)5-10/h2-4H,5H2,1H3,(H,11,14). The number of rotatable bonds is 3. The number of carbonyl (C=O) groups excluding carboxylic acids is 2. The summed E-state index contributed by atoms with van der Waals surface area (Å²) in [6, 6.07) is 4.77. The SMILES string of the molecule is CNC(=O)c1cccc(C(=O)CBr)n1. The highest BCUT2D eigenvalue weighted by Crippen LogP contribution is 2.02. The van der Waals surface area contributed by atoms with E-state index in [2.05, 4.69) is 26.2 Å². The summed E-state index contributed by atoms with van der Waals surface area (Å²) in [5, 5.41) is 2.65. The van der Waals surface area contributed by atoms with Gasteiger partial charge in [0.2, 0.25) is 0 Å². The van der Waals surface area contributed by atoms with Gasteiger partial charge in [0.15, 0.2) is 5.78 Å². The van der Waals surface area contributed by atoms with E-state index >= 15 is 0 Å². The Bertz CT molecular complexity index is 334. The van der Waals surface area contributed by atoms with Gasteiger partial charge in [0.25, 0.3) is 5.91 Å². The van der Waals surface area contributed by atoms with Gasteiger partial charge >= 0.3 is 0 Å². The number of halogens is 1. The fraction of sp³-hybridized carbons (Fsp3) is 0.222. The van der Waals surface area contributed by atoms with Crippen molar-refractivity contribution < 1.29 is 9.59 Å². The lowest BCUT2D eigenvalue weighted by Gasteiger charge is -2.00. The molecule has 0 atom stereocenters. The molecular formula is C9H9BrN2O2. The molecule has 14 heavy (non-hydrogen) atoms. The van der Waals surface area contributed by atoms with Crippen molar-refractivity contribution in [2.24, 2.45) is 0 Å². The number of nitrogens with one attached hydrogen (secondary N) is 1. The molecule has 1 heterocycles. The van der Waals surface area contributed by atoms with E-state index in [0.717, 1.165) is 0 Å². The average Bonchev–Trinajstić information content (AvgIpc) is 2.27. The lowest BCUT2D eigenvalue weighted by molar-refractivity contribution is 0.0958. The van der Waals surface area contributed by atoms with E-state index in [4.69, 9.17) is 0 Å². The summed E-state index contributed by atoms with van der Waals surface area (Å²) in [6.45, 7) is 0. The van der Waals surface area contributed by atoms with E-state index in [1.807, 2.05) is 0 Å². The Morgan fingerprint density at radius 3 is 2.64 bits per heavy atom. The first-order chi connectivity index (χ1) is 6.69. The van der Waals surface area contributed by atoms with Gasteiger partial charge < -0.3 is 5.32 Å². The predicted molar refractivity (Wildman–Crippen MR) is 55.8 cm³/mol. The first-order valence-corrected chi connectivity index (χ1v) is 5.09. The molecule has 0 aromatic carbocycles. The average molecular weight is 257 g/mol. The summed E-state index contributed by atoms with van der Waals surface area (Å²) in [7, 11) is 1.52. The molecule has 74 valence electrons. The molecule has 0 saturated carbocycles. The van der Waals surface area contributed by atoms with Crippen LogP contribution in [0.25, 0.3) is 0 Å². The van der Waals surface area contributed by atoms with Crippen LogP contribution in [0, 0.1) is 0 Å². The second kappa shape index (κ2) is 4.85. The van der Waals surface area contributed by atoms with Gasteiger partial charge in [0.1, 0.15) is 11.4 Å². The molecule has 5 heteroatoms. The molecular weight excluding hydrogens is 248 g/mol. The summed E-state index contributed by atoms with van der Waals surface area (Å²) in [4.78, 5) is 26.3. The van der Waals surface area contributed by atoms with Gasteiger partial charge in [-0.3, -0.25) is 9.59 Å². The third-order valence-corrected chi connectivity index (χ3v) is 2.13. The van der Waals surface area contributed by atoms with Crippen molar-refractivity contribution in [3.63, 3.8) is 0 Å². The quantitative estimate of drug-likeness (QED) is 0.649. The number of hydrogen-bond acceptors (Lipinski definition) is 3. The minimum Gasteiger partial charge on any atom is -0.354 e. The molecule has 0 fully saturated rings. The third kappa shape index (κ3) is 2.38. The lowest BCUT2D eigenvalue weighted by Crippen LogP contribution is -2.20. The Morgan fingerprint density at radius 1 is 1.43 bits per heavy atom. The summed E-state index contributed by atoms with van der Waals surface area (Å²) in [5.74, 6) is -0.440. The van der Waals surface area contributed by atoms with Crippen molar-refractivity contribution in [2.75, 3.05) is 12.4 Å². The van der Waals surface area contributed by atoms with Crippen LogP contribution in [0.1, 0.15) is 21.0 Å². The van der Waals surface area contributed by atoms with Crippen LogP contribution >= 0.6 is 15.9 Å². The maximum Gasteiger partial charge on any atom is 0.269 e. The van der Waals surface area contributed by atoms with Crippen molar-refractivity contribution in [1.82, 2.24) is 10.3 Å². The zero-order valence-electron chi connectivity index (χ0n) is 7.58. The van der Waals surface area contributed by atoms with Crippen LogP contribution < -0.4 is 5.32 Å². The molecule has 0 bridgehead atoms. The molecule has 0 radical (unpaired) electrons. The minimum atomic E-state index is -0.297. The number of carbonyl (C=O) groups is 2. The maximum atomic E-state index is 11.2. The molecule has 1 aromatic rings. The zero-order valence-corrected chi connectivity index (χ0v) is 9.17. The van der Waals surface area contributed by atoms with Gasteiger partial charge in [-0.2, -0.15) is 0 Å². The molecule has 1 N–H and O–H groups in total. The maximum absolute atomic E-state index is 11.2. The van der Waals surface area contributed by atoms with E-state index in [0.29, 0.717) is 5.69 Å². The van der Waals surface area contributed by atoms with Gasteiger partial charge in [0.05, 0.1) is 5.33 Å². The summed E-state index contributed by atoms with van der Waals surface area (Å²) in [5.41, 5.74) is 0.544. The summed E-state index contributed by atoms with van der Waals surface area (Å²) in [6.07, 6.45) is 0. The molecule has 0 saturated heterocycles. The normalized spacial score (nSPS) is 9.57. The Hall–Kier alpha value is -1.23. The molecule has 0 unspecified atom stereocenters. The number of aromatic nitrogens is 1. The Morgan fingerprint density at radius 2 is 2.07 bits per heavy atom. The largest absolute Gasteiger partial charge is 0.354 e. The smallest absolute Gasteiger partial charge is 0.269 e. The summed E-state index contributed by atoms with van der Waals surface area (Å²) < 4.78 is 0. The topological polar surface area (TPSA) is 59.1 Å². The van der Waals surface area contributed by atoms with Gasteiger partial charge in [0, 0.05) is 7.05 Å². The van der Waals surface area contributed by atoms with Crippen LogP contribution in [0.2, 0.25) is 0 Å². The first kappa shape index (κ1) is 10.8. The third-order valence-electron chi connectivity index (χ3n) is 1.62. The van der Waals surface area contributed by atoms with E-state index in [-0.39, 0.29) is 22.7 Å². The molecule has 1 aromatic heterocycles. The lowest BCUT2D eigenvalue weighted by atomic mass is 10.2. The van der Waals surface area contributed by atoms with Crippen molar-refractivity contribution in [3.05, 3.63) is 29.6 Å². The van der Waals surface area contributed by atoms with E-state index in [1.165, 1.54) is 7.05 Å². The first-order valence-electron chi connectivity index (χ1n) is 3.97. The van der Waals surface area contributed by atoms with Crippen LogP contribution in [0.15, 0.2) is 18.2 Å². The Balaban J connectivity index is 3.01. The number of nitrogens with zero attached hydrogens (tertiary/aromatic N) is 1. The highest BCUT2D eigenvalue weighted by molar-refractivity contribution is 9.09. The van der Waals surface area contributed by atoms with Crippen molar-refractivity contribution in [1.29, 1.82) is 0 Å². The number of pyridine rings is 1. The molecule has 0 aliphatic rings. The number of ketones is 1. The van der Waals surface area contributed by atoms with Crippen LogP contribution in [0.4, 0.5) is 0 Å². The van der Waals surface area contributed by atoms with Gasteiger partial charge in [-0.25, -0.2) is 4.98 Å². The van der Waals surface area contributed by atoms with Crippen LogP contribution in [-0.4, -0.2) is 29.1 Å². The van der Waals surface area contributed by atoms with Crippen LogP contribution in [0.3, 0.4) is 0 Å². The molecule has 1 amide bonds. The van der Waals surface area contributed by atoms with Gasteiger partial charge in [-0.1, -0.05) is 22.0 Å². The van der Waals surface area contributed by atoms with Crippen molar-refractivity contribution in [2.45, 2.75) is 0 Å². The summed E-state index contributed by atoms with van der Waals surface area (Å²) >= 11 is 3.04. The highest BCUT2D eigenvalue weighted by atomic mass is 79.9. The molecule has 1 rings (SSSR count). The van der Waals surface area contributed by atoms with Crippen molar-refractivity contribution >= 4 is 27.6 Å². The van der Waals surface area contributed by atoms with E-state index in [9.17, 15) is 9.59 Å². The molecule has 0 aliphatic heterocycles. The fourth-order valence-electron chi connectivity index (χ4n) is 0.913. The second-order valence-electron chi connectivity index (χ2n) is 2.54. The van der Waals surface area contributed by atoms with Crippen LogP contribution in [0.5, 0.6) is 0 Å². The molecule has 4 nitrogen and oxygen atoms in total. The van der Waals surface area contributed by atoms with Crippen LogP contribution in [-0.2, 0) is 0 Å². The Labute approximate surface area is 89.9 Å². The Kier molecular flexibility index (Phi) is 3.76. The van der Waals surface area contributed by atoms with E-state index in [1.54, 1.807) is 18.2 Å². The second-order valence-corrected chi connectivity index (χ2v) is 3.10. The number of amides is 1. The predicted octanol–water partition coefficient (Wildman–Crippen LogP) is 1.02. The number of hydrogen-bond donors (Lipinski definition) is 1. The van der Waals surface area contributed by atoms with E-state index < -0.39 is 0 Å². The van der Waals surface area contributed by atoms with Crippen molar-refractivity contribution in [3.8, 4) is 0 Å². The zero-order chi connectivity index (χ0) is 10.6. The molecule has 0 aliphatic carbocycles. The fourth-order valence-corrected chi connectivity index (χ4v) is 1.20. The van der Waals surface area contributed by atoms with Gasteiger partial charge in [-0.15, -0.1) is 0 Å². The molecule has 0 spiro atoms. The number of alkyl halides is 1. The highest BCUT2D eigenvalue weighted by Gasteiger charge is 2.09. The monoisotopic (exact) mass is 256 g/mol.